The maximum atomic E-state index is 12.4. The molecule has 20 heavy (non-hydrogen) atoms. The lowest BCUT2D eigenvalue weighted by atomic mass is 9.93. The molecule has 0 unspecified atom stereocenters. The van der Waals surface area contributed by atoms with Gasteiger partial charge >= 0.3 is 0 Å². The number of nitrogens with one attached hydrogen (secondary N) is 1. The van der Waals surface area contributed by atoms with E-state index in [2.05, 4.69) is 23.5 Å². The van der Waals surface area contributed by atoms with Crippen LogP contribution in [0.3, 0.4) is 0 Å². The zero-order chi connectivity index (χ0) is 15.6. The van der Waals surface area contributed by atoms with E-state index in [1.165, 1.54) is 0 Å². The highest BCUT2D eigenvalue weighted by Gasteiger charge is 2.24. The Labute approximate surface area is 123 Å². The molecule has 0 bridgehead atoms. The summed E-state index contributed by atoms with van der Waals surface area (Å²) in [6, 6.07) is 5.48. The molecule has 5 heteroatoms. The van der Waals surface area contributed by atoms with Gasteiger partial charge in [-0.1, -0.05) is 26.0 Å². The Hall–Kier alpha value is -0.910. The largest absolute Gasteiger partial charge is 0.309 e. The summed E-state index contributed by atoms with van der Waals surface area (Å²) in [6.07, 6.45) is 0. The van der Waals surface area contributed by atoms with E-state index in [9.17, 15) is 8.42 Å². The summed E-state index contributed by atoms with van der Waals surface area (Å²) < 4.78 is 27.6. The second-order valence-electron chi connectivity index (χ2n) is 6.50. The SMILES string of the molecule is Cc1ccc(C)c(S(=O)(=O)NCC(C)(C)CN(C)C)c1. The minimum Gasteiger partial charge on any atom is -0.309 e. The minimum atomic E-state index is -3.45. The fourth-order valence-electron chi connectivity index (χ4n) is 2.28. The topological polar surface area (TPSA) is 49.4 Å². The van der Waals surface area contributed by atoms with Crippen molar-refractivity contribution in [2.24, 2.45) is 5.41 Å². The van der Waals surface area contributed by atoms with Gasteiger partial charge in [-0.25, -0.2) is 13.1 Å². The van der Waals surface area contributed by atoms with Crippen molar-refractivity contribution >= 4 is 10.0 Å². The number of benzene rings is 1. The van der Waals surface area contributed by atoms with Gasteiger partial charge in [-0.2, -0.15) is 0 Å². The van der Waals surface area contributed by atoms with E-state index < -0.39 is 10.0 Å². The Morgan fingerprint density at radius 2 is 1.80 bits per heavy atom. The zero-order valence-corrected chi connectivity index (χ0v) is 14.1. The van der Waals surface area contributed by atoms with Crippen molar-refractivity contribution in [3.05, 3.63) is 29.3 Å². The number of hydrogen-bond donors (Lipinski definition) is 1. The molecule has 1 rings (SSSR count). The summed E-state index contributed by atoms with van der Waals surface area (Å²) in [7, 11) is 0.523. The minimum absolute atomic E-state index is 0.117. The first-order valence-corrected chi connectivity index (χ1v) is 8.23. The second-order valence-corrected chi connectivity index (χ2v) is 8.23. The molecular formula is C15H26N2O2S. The van der Waals surface area contributed by atoms with Gasteiger partial charge < -0.3 is 4.90 Å². The van der Waals surface area contributed by atoms with Crippen molar-refractivity contribution in [1.82, 2.24) is 9.62 Å². The first kappa shape index (κ1) is 17.1. The van der Waals surface area contributed by atoms with Gasteiger partial charge in [-0.15, -0.1) is 0 Å². The van der Waals surface area contributed by atoms with Crippen LogP contribution in [0.25, 0.3) is 0 Å². The van der Waals surface area contributed by atoms with Gasteiger partial charge in [0.15, 0.2) is 0 Å². The molecule has 114 valence electrons. The fourth-order valence-corrected chi connectivity index (χ4v) is 3.85. The molecule has 0 atom stereocenters. The fraction of sp³-hybridized carbons (Fsp3) is 0.600. The predicted molar refractivity (Wildman–Crippen MR) is 83.4 cm³/mol. The van der Waals surface area contributed by atoms with E-state index in [0.29, 0.717) is 11.4 Å². The lowest BCUT2D eigenvalue weighted by Crippen LogP contribution is -2.40. The lowest BCUT2D eigenvalue weighted by molar-refractivity contribution is 0.242. The zero-order valence-electron chi connectivity index (χ0n) is 13.3. The quantitative estimate of drug-likeness (QED) is 0.875. The predicted octanol–water partition coefficient (Wildman–Crippen LogP) is 2.17. The molecule has 4 nitrogen and oxygen atoms in total. The van der Waals surface area contributed by atoms with E-state index in [-0.39, 0.29) is 5.41 Å². The Morgan fingerprint density at radius 3 is 2.35 bits per heavy atom. The van der Waals surface area contributed by atoms with Crippen LogP contribution in [0.2, 0.25) is 0 Å². The molecule has 0 saturated carbocycles. The molecule has 0 aliphatic heterocycles. The van der Waals surface area contributed by atoms with Crippen molar-refractivity contribution in [2.75, 3.05) is 27.2 Å². The summed E-state index contributed by atoms with van der Waals surface area (Å²) in [5.41, 5.74) is 1.60. The summed E-state index contributed by atoms with van der Waals surface area (Å²) in [5.74, 6) is 0. The van der Waals surface area contributed by atoms with Gasteiger partial charge in [-0.3, -0.25) is 0 Å². The number of hydrogen-bond acceptors (Lipinski definition) is 3. The average Bonchev–Trinajstić information content (AvgIpc) is 2.28. The van der Waals surface area contributed by atoms with Gasteiger partial charge in [0.1, 0.15) is 0 Å². The molecule has 0 spiro atoms. The van der Waals surface area contributed by atoms with Crippen LogP contribution in [0.4, 0.5) is 0 Å². The summed E-state index contributed by atoms with van der Waals surface area (Å²) in [6.45, 7) is 9.06. The normalized spacial score (nSPS) is 12.9. The van der Waals surface area contributed by atoms with Gasteiger partial charge in [-0.05, 0) is 50.6 Å². The molecule has 0 aromatic heterocycles. The van der Waals surface area contributed by atoms with Crippen molar-refractivity contribution in [1.29, 1.82) is 0 Å². The summed E-state index contributed by atoms with van der Waals surface area (Å²) >= 11 is 0. The third-order valence-corrected chi connectivity index (χ3v) is 4.66. The first-order chi connectivity index (χ1) is 9.03. The number of rotatable bonds is 6. The molecule has 0 aliphatic carbocycles. The molecule has 0 saturated heterocycles. The van der Waals surface area contributed by atoms with Crippen molar-refractivity contribution in [3.63, 3.8) is 0 Å². The van der Waals surface area contributed by atoms with Crippen LogP contribution in [0.5, 0.6) is 0 Å². The van der Waals surface area contributed by atoms with Gasteiger partial charge in [0.25, 0.3) is 0 Å². The smallest absolute Gasteiger partial charge is 0.240 e. The van der Waals surface area contributed by atoms with E-state index in [1.54, 1.807) is 6.07 Å². The van der Waals surface area contributed by atoms with Gasteiger partial charge in [0.2, 0.25) is 10.0 Å². The average molecular weight is 298 g/mol. The van der Waals surface area contributed by atoms with E-state index in [1.807, 2.05) is 40.1 Å². The third kappa shape index (κ3) is 4.89. The molecule has 1 N–H and O–H groups in total. The molecule has 0 amide bonds. The summed E-state index contributed by atoms with van der Waals surface area (Å²) in [4.78, 5) is 2.44. The van der Waals surface area contributed by atoms with Crippen LogP contribution in [0.15, 0.2) is 23.1 Å². The van der Waals surface area contributed by atoms with Crippen LogP contribution in [-0.2, 0) is 10.0 Å². The maximum absolute atomic E-state index is 12.4. The van der Waals surface area contributed by atoms with E-state index >= 15 is 0 Å². The Kier molecular flexibility index (Phi) is 5.35. The maximum Gasteiger partial charge on any atom is 0.240 e. The van der Waals surface area contributed by atoms with E-state index in [0.717, 1.165) is 17.7 Å². The molecule has 0 radical (unpaired) electrons. The van der Waals surface area contributed by atoms with Crippen LogP contribution in [0.1, 0.15) is 25.0 Å². The van der Waals surface area contributed by atoms with Crippen LogP contribution in [0, 0.1) is 19.3 Å². The number of sulfonamides is 1. The molecule has 0 fully saturated rings. The van der Waals surface area contributed by atoms with Crippen molar-refractivity contribution < 1.29 is 8.42 Å². The van der Waals surface area contributed by atoms with Crippen LogP contribution >= 0.6 is 0 Å². The second kappa shape index (κ2) is 6.24. The highest BCUT2D eigenvalue weighted by atomic mass is 32.2. The first-order valence-electron chi connectivity index (χ1n) is 6.75. The van der Waals surface area contributed by atoms with Crippen LogP contribution in [-0.4, -0.2) is 40.5 Å². The number of nitrogens with zero attached hydrogens (tertiary/aromatic N) is 1. The highest BCUT2D eigenvalue weighted by Crippen LogP contribution is 2.19. The third-order valence-electron chi connectivity index (χ3n) is 3.12. The van der Waals surface area contributed by atoms with Crippen molar-refractivity contribution in [2.45, 2.75) is 32.6 Å². The summed E-state index contributed by atoms with van der Waals surface area (Å²) in [5, 5.41) is 0. The molecule has 1 aromatic carbocycles. The standard InChI is InChI=1S/C15H26N2O2S/c1-12-7-8-13(2)14(9-12)20(18,19)16-10-15(3,4)11-17(5)6/h7-9,16H,10-11H2,1-6H3. The van der Waals surface area contributed by atoms with Gasteiger partial charge in [0.05, 0.1) is 4.90 Å². The Bertz CT molecular complexity index is 563. The molecular weight excluding hydrogens is 272 g/mol. The van der Waals surface area contributed by atoms with Gasteiger partial charge in [0, 0.05) is 13.1 Å². The van der Waals surface area contributed by atoms with E-state index in [4.69, 9.17) is 0 Å². The van der Waals surface area contributed by atoms with Crippen molar-refractivity contribution in [3.8, 4) is 0 Å². The molecule has 0 heterocycles. The lowest BCUT2D eigenvalue weighted by Gasteiger charge is -2.28. The Morgan fingerprint density at radius 1 is 1.20 bits per heavy atom. The number of aryl methyl sites for hydroxylation is 2. The van der Waals surface area contributed by atoms with Crippen LogP contribution < -0.4 is 4.72 Å². The molecule has 1 aromatic rings. The Balaban J connectivity index is 2.88. The molecule has 0 aliphatic rings. The highest BCUT2D eigenvalue weighted by molar-refractivity contribution is 7.89. The monoisotopic (exact) mass is 298 g/mol.